The maximum atomic E-state index is 13.1. The van der Waals surface area contributed by atoms with Crippen LogP contribution in [0.5, 0.6) is 0 Å². The van der Waals surface area contributed by atoms with Crippen molar-refractivity contribution >= 4 is 35.8 Å². The van der Waals surface area contributed by atoms with Crippen LogP contribution in [0.4, 0.5) is 10.2 Å². The van der Waals surface area contributed by atoms with E-state index in [-0.39, 0.29) is 29.8 Å². The average Bonchev–Trinajstić information content (AvgIpc) is 2.74. The van der Waals surface area contributed by atoms with Crippen LogP contribution in [0.2, 0.25) is 0 Å². The number of rotatable bonds is 6. The zero-order valence-corrected chi connectivity index (χ0v) is 20.3. The van der Waals surface area contributed by atoms with Crippen molar-refractivity contribution in [2.75, 3.05) is 39.1 Å². The number of aliphatic imine (C=N–C) groups is 1. The van der Waals surface area contributed by atoms with Gasteiger partial charge in [0.05, 0.1) is 12.2 Å². The molecule has 0 aliphatic carbocycles. The first-order chi connectivity index (χ1) is 14.0. The Hall–Kier alpha value is -1.94. The van der Waals surface area contributed by atoms with Gasteiger partial charge in [-0.15, -0.1) is 24.0 Å². The fourth-order valence-electron chi connectivity index (χ4n) is 3.46. The lowest BCUT2D eigenvalue weighted by molar-refractivity contribution is 0.198. The Morgan fingerprint density at radius 3 is 2.50 bits per heavy atom. The van der Waals surface area contributed by atoms with Crippen molar-refractivity contribution in [3.8, 4) is 0 Å². The third kappa shape index (κ3) is 7.39. The number of anilines is 1. The maximum absolute atomic E-state index is 13.1. The van der Waals surface area contributed by atoms with Crippen LogP contribution in [0.15, 0.2) is 47.5 Å². The molecule has 1 aliphatic heterocycles. The summed E-state index contributed by atoms with van der Waals surface area (Å²) in [5.74, 6) is 1.57. The van der Waals surface area contributed by atoms with Crippen molar-refractivity contribution in [3.63, 3.8) is 0 Å². The Labute approximate surface area is 196 Å². The number of benzene rings is 1. The Balaban J connectivity index is 0.00000320. The smallest absolute Gasteiger partial charge is 0.191 e. The molecular weight excluding hydrogens is 494 g/mol. The highest BCUT2D eigenvalue weighted by molar-refractivity contribution is 14.0. The molecule has 1 aromatic heterocycles. The Morgan fingerprint density at radius 1 is 1.17 bits per heavy atom. The molecule has 6 nitrogen and oxygen atoms in total. The highest BCUT2D eigenvalue weighted by Crippen LogP contribution is 2.14. The van der Waals surface area contributed by atoms with Crippen molar-refractivity contribution in [1.29, 1.82) is 0 Å². The molecule has 2 N–H and O–H groups in total. The number of piperidine rings is 1. The van der Waals surface area contributed by atoms with Gasteiger partial charge in [0.1, 0.15) is 11.6 Å². The first kappa shape index (κ1) is 24.3. The van der Waals surface area contributed by atoms with Crippen molar-refractivity contribution in [3.05, 3.63) is 59.5 Å². The third-order valence-corrected chi connectivity index (χ3v) is 5.16. The van der Waals surface area contributed by atoms with E-state index in [9.17, 15) is 4.39 Å². The molecule has 2 heterocycles. The number of guanidine groups is 1. The summed E-state index contributed by atoms with van der Waals surface area (Å²) < 4.78 is 13.1. The highest BCUT2D eigenvalue weighted by Gasteiger charge is 2.20. The number of hydrogen-bond acceptors (Lipinski definition) is 4. The van der Waals surface area contributed by atoms with E-state index in [4.69, 9.17) is 0 Å². The van der Waals surface area contributed by atoms with Gasteiger partial charge in [0.2, 0.25) is 0 Å². The maximum Gasteiger partial charge on any atom is 0.191 e. The summed E-state index contributed by atoms with van der Waals surface area (Å²) in [6.07, 6.45) is 2.10. The summed E-state index contributed by atoms with van der Waals surface area (Å²) in [7, 11) is 5.77. The molecule has 30 heavy (non-hydrogen) atoms. The van der Waals surface area contributed by atoms with E-state index in [2.05, 4.69) is 25.5 Å². The summed E-state index contributed by atoms with van der Waals surface area (Å²) in [5, 5.41) is 6.89. The largest absolute Gasteiger partial charge is 0.363 e. The number of hydrogen-bond donors (Lipinski definition) is 2. The van der Waals surface area contributed by atoms with Gasteiger partial charge in [-0.25, -0.2) is 9.37 Å². The Bertz CT molecular complexity index is 804. The quantitative estimate of drug-likeness (QED) is 0.344. The molecule has 0 bridgehead atoms. The monoisotopic (exact) mass is 526 g/mol. The highest BCUT2D eigenvalue weighted by atomic mass is 127. The molecule has 1 fully saturated rings. The van der Waals surface area contributed by atoms with E-state index in [1.54, 1.807) is 7.05 Å². The number of aromatic nitrogens is 1. The number of likely N-dealkylation sites (tertiary alicyclic amines) is 1. The Morgan fingerprint density at radius 2 is 1.87 bits per heavy atom. The zero-order chi connectivity index (χ0) is 20.6. The molecule has 0 spiro atoms. The van der Waals surface area contributed by atoms with Gasteiger partial charge in [-0.2, -0.15) is 0 Å². The van der Waals surface area contributed by atoms with Gasteiger partial charge in [-0.05, 0) is 42.7 Å². The summed E-state index contributed by atoms with van der Waals surface area (Å²) in [6, 6.07) is 13.2. The summed E-state index contributed by atoms with van der Waals surface area (Å²) in [6.45, 7) is 3.52. The molecule has 8 heteroatoms. The summed E-state index contributed by atoms with van der Waals surface area (Å²) >= 11 is 0. The van der Waals surface area contributed by atoms with E-state index in [0.717, 1.165) is 55.5 Å². The predicted molar refractivity (Wildman–Crippen MR) is 132 cm³/mol. The van der Waals surface area contributed by atoms with Gasteiger partial charge in [0, 0.05) is 46.8 Å². The minimum atomic E-state index is -0.181. The molecule has 0 amide bonds. The van der Waals surface area contributed by atoms with Crippen LogP contribution in [0, 0.1) is 5.82 Å². The lowest BCUT2D eigenvalue weighted by atomic mass is 10.0. The minimum absolute atomic E-state index is 0. The van der Waals surface area contributed by atoms with E-state index >= 15 is 0 Å². The normalized spacial score (nSPS) is 15.4. The second-order valence-corrected chi connectivity index (χ2v) is 7.63. The SMILES string of the molecule is CN=C(NCc1cccc(N(C)C)n1)NC1CCN(Cc2ccc(F)cc2)CC1.I. The van der Waals surface area contributed by atoms with Gasteiger partial charge in [-0.3, -0.25) is 9.89 Å². The van der Waals surface area contributed by atoms with Crippen LogP contribution in [0.25, 0.3) is 0 Å². The first-order valence-corrected chi connectivity index (χ1v) is 10.1. The molecule has 2 aromatic rings. The van der Waals surface area contributed by atoms with E-state index in [1.165, 1.54) is 12.1 Å². The zero-order valence-electron chi connectivity index (χ0n) is 17.9. The number of pyridine rings is 1. The molecule has 1 aliphatic rings. The van der Waals surface area contributed by atoms with Gasteiger partial charge in [-0.1, -0.05) is 18.2 Å². The van der Waals surface area contributed by atoms with Crippen LogP contribution >= 0.6 is 24.0 Å². The standard InChI is InChI=1S/C22H31FN6.HI/c1-24-22(25-15-20-5-4-6-21(26-20)28(2)3)27-19-11-13-29(14-12-19)16-17-7-9-18(23)10-8-17;/h4-10,19H,11-16H2,1-3H3,(H2,24,25,27);1H. The van der Waals surface area contributed by atoms with Crippen LogP contribution in [0.1, 0.15) is 24.1 Å². The molecule has 0 saturated carbocycles. The van der Waals surface area contributed by atoms with Crippen molar-refractivity contribution in [2.45, 2.75) is 32.0 Å². The fraction of sp³-hybridized carbons (Fsp3) is 0.455. The van der Waals surface area contributed by atoms with Crippen LogP contribution in [0.3, 0.4) is 0 Å². The van der Waals surface area contributed by atoms with Crippen LogP contribution in [-0.4, -0.2) is 56.1 Å². The molecule has 0 unspecified atom stereocenters. The van der Waals surface area contributed by atoms with E-state index < -0.39 is 0 Å². The van der Waals surface area contributed by atoms with Crippen LogP contribution < -0.4 is 15.5 Å². The van der Waals surface area contributed by atoms with Crippen molar-refractivity contribution in [2.24, 2.45) is 4.99 Å². The van der Waals surface area contributed by atoms with Crippen molar-refractivity contribution < 1.29 is 4.39 Å². The Kier molecular flexibility index (Phi) is 9.77. The summed E-state index contributed by atoms with van der Waals surface area (Å²) in [5.41, 5.74) is 2.14. The van der Waals surface area contributed by atoms with Gasteiger partial charge >= 0.3 is 0 Å². The molecule has 3 rings (SSSR count). The van der Waals surface area contributed by atoms with Crippen LogP contribution in [-0.2, 0) is 13.1 Å². The molecule has 164 valence electrons. The lowest BCUT2D eigenvalue weighted by Crippen LogP contribution is -2.48. The van der Waals surface area contributed by atoms with Crippen molar-refractivity contribution in [1.82, 2.24) is 20.5 Å². The second kappa shape index (κ2) is 12.0. The van der Waals surface area contributed by atoms with Gasteiger partial charge in [0.15, 0.2) is 5.96 Å². The second-order valence-electron chi connectivity index (χ2n) is 7.63. The minimum Gasteiger partial charge on any atom is -0.363 e. The van der Waals surface area contributed by atoms with E-state index in [0.29, 0.717) is 12.6 Å². The fourth-order valence-corrected chi connectivity index (χ4v) is 3.46. The number of nitrogens with zero attached hydrogens (tertiary/aromatic N) is 4. The molecular formula is C22H32FIN6. The lowest BCUT2D eigenvalue weighted by Gasteiger charge is -2.33. The van der Waals surface area contributed by atoms with E-state index in [1.807, 2.05) is 49.3 Å². The third-order valence-electron chi connectivity index (χ3n) is 5.16. The molecule has 0 radical (unpaired) electrons. The predicted octanol–water partition coefficient (Wildman–Crippen LogP) is 3.23. The number of nitrogens with one attached hydrogen (secondary N) is 2. The molecule has 1 aromatic carbocycles. The van der Waals surface area contributed by atoms with Gasteiger partial charge < -0.3 is 15.5 Å². The summed E-state index contributed by atoms with van der Waals surface area (Å²) in [4.78, 5) is 13.4. The molecule has 0 atom stereocenters. The van der Waals surface area contributed by atoms with Gasteiger partial charge in [0.25, 0.3) is 0 Å². The first-order valence-electron chi connectivity index (χ1n) is 10.1. The average molecular weight is 526 g/mol. The topological polar surface area (TPSA) is 55.8 Å². The molecule has 1 saturated heterocycles. The number of halogens is 2.